The average Bonchev–Trinajstić information content (AvgIpc) is 3.06. The van der Waals surface area contributed by atoms with Crippen LogP contribution in [0.15, 0.2) is 36.4 Å². The fourth-order valence-corrected chi connectivity index (χ4v) is 3.50. The molecule has 0 spiro atoms. The van der Waals surface area contributed by atoms with Gasteiger partial charge in [0.05, 0.1) is 17.3 Å². The molecule has 8 heteroatoms. The van der Waals surface area contributed by atoms with Crippen molar-refractivity contribution in [1.29, 1.82) is 0 Å². The molecule has 0 aliphatic carbocycles. The molecule has 0 radical (unpaired) electrons. The minimum absolute atomic E-state index is 0.0289. The molecule has 2 aromatic carbocycles. The first-order valence-electron chi connectivity index (χ1n) is 8.53. The number of amides is 2. The Morgan fingerprint density at radius 2 is 2.07 bits per heavy atom. The van der Waals surface area contributed by atoms with Crippen LogP contribution in [0.25, 0.3) is 0 Å². The highest BCUT2D eigenvalue weighted by molar-refractivity contribution is 6.31. The zero-order valence-electron chi connectivity index (χ0n) is 14.5. The zero-order chi connectivity index (χ0) is 19.6. The minimum atomic E-state index is -0.743. The van der Waals surface area contributed by atoms with E-state index >= 15 is 0 Å². The first-order valence-corrected chi connectivity index (χ1v) is 8.91. The summed E-state index contributed by atoms with van der Waals surface area (Å²) in [5.74, 6) is -1.62. The van der Waals surface area contributed by atoms with Gasteiger partial charge in [0, 0.05) is 17.3 Å². The van der Waals surface area contributed by atoms with Crippen molar-refractivity contribution >= 4 is 34.8 Å². The lowest BCUT2D eigenvalue weighted by molar-refractivity contribution is -0.122. The maximum atomic E-state index is 13.7. The predicted molar refractivity (Wildman–Crippen MR) is 103 cm³/mol. The minimum Gasteiger partial charge on any atom is -0.396 e. The molecule has 2 amide bonds. The summed E-state index contributed by atoms with van der Waals surface area (Å²) in [6.45, 7) is 1.34. The third-order valence-electron chi connectivity index (χ3n) is 4.60. The monoisotopic (exact) mass is 390 g/mol. The number of nitrogen functional groups attached to an aromatic ring is 1. The molecule has 3 rings (SSSR count). The topological polar surface area (TPSA) is 101 Å². The first kappa shape index (κ1) is 19.1. The lowest BCUT2D eigenvalue weighted by atomic mass is 10.1. The first-order chi connectivity index (χ1) is 12.8. The number of hydrogen-bond acceptors (Lipinski definition) is 4. The Balaban J connectivity index is 1.74. The second-order valence-electron chi connectivity index (χ2n) is 6.53. The van der Waals surface area contributed by atoms with Crippen molar-refractivity contribution in [1.82, 2.24) is 4.90 Å². The van der Waals surface area contributed by atoms with Crippen LogP contribution in [0.1, 0.15) is 28.8 Å². The molecule has 1 aliphatic heterocycles. The summed E-state index contributed by atoms with van der Waals surface area (Å²) in [6, 6.07) is 9.32. The number of primary amides is 1. The Kier molecular flexibility index (Phi) is 5.62. The van der Waals surface area contributed by atoms with E-state index in [1.165, 1.54) is 6.07 Å². The Bertz CT molecular complexity index is 890. The van der Waals surface area contributed by atoms with Crippen molar-refractivity contribution in [3.63, 3.8) is 0 Å². The summed E-state index contributed by atoms with van der Waals surface area (Å²) in [7, 11) is 0. The van der Waals surface area contributed by atoms with E-state index in [1.807, 2.05) is 11.0 Å². The molecule has 1 saturated heterocycles. The van der Waals surface area contributed by atoms with Gasteiger partial charge in [0.2, 0.25) is 5.91 Å². The number of anilines is 2. The molecular weight excluding hydrogens is 371 g/mol. The quantitative estimate of drug-likeness (QED) is 0.683. The highest BCUT2D eigenvalue weighted by Crippen LogP contribution is 2.24. The van der Waals surface area contributed by atoms with E-state index < -0.39 is 11.7 Å². The zero-order valence-corrected chi connectivity index (χ0v) is 15.3. The summed E-state index contributed by atoms with van der Waals surface area (Å²) in [6.07, 6.45) is 1.68. The molecule has 1 aliphatic rings. The van der Waals surface area contributed by atoms with E-state index in [0.29, 0.717) is 12.2 Å². The second kappa shape index (κ2) is 7.94. The highest BCUT2D eigenvalue weighted by atomic mass is 35.5. The van der Waals surface area contributed by atoms with E-state index in [2.05, 4.69) is 5.32 Å². The van der Waals surface area contributed by atoms with Crippen LogP contribution in [0.2, 0.25) is 5.02 Å². The van der Waals surface area contributed by atoms with Gasteiger partial charge >= 0.3 is 0 Å². The number of hydrogen-bond donors (Lipinski definition) is 3. The summed E-state index contributed by atoms with van der Waals surface area (Å²) in [4.78, 5) is 26.0. The molecule has 1 heterocycles. The van der Waals surface area contributed by atoms with Crippen LogP contribution in [0.5, 0.6) is 0 Å². The van der Waals surface area contributed by atoms with Crippen molar-refractivity contribution < 1.29 is 14.0 Å². The van der Waals surface area contributed by atoms with Gasteiger partial charge in [0.15, 0.2) is 0 Å². The average molecular weight is 391 g/mol. The van der Waals surface area contributed by atoms with Gasteiger partial charge in [-0.3, -0.25) is 14.5 Å². The molecule has 0 saturated carbocycles. The Hall–Kier alpha value is -2.64. The lowest BCUT2D eigenvalue weighted by Gasteiger charge is -2.22. The molecule has 1 fully saturated rings. The SMILES string of the molecule is NC(=O)[C@@H]1CCCN1Cc1cccc(NC(=O)c2cc(Cl)cc(F)c2N)c1. The maximum Gasteiger partial charge on any atom is 0.257 e. The number of nitrogens with one attached hydrogen (secondary N) is 1. The fraction of sp³-hybridized carbons (Fsp3) is 0.263. The molecule has 6 nitrogen and oxygen atoms in total. The van der Waals surface area contributed by atoms with Crippen molar-refractivity contribution in [2.24, 2.45) is 5.73 Å². The molecule has 27 heavy (non-hydrogen) atoms. The Morgan fingerprint density at radius 1 is 1.30 bits per heavy atom. The number of benzene rings is 2. The van der Waals surface area contributed by atoms with Crippen molar-refractivity contribution in [3.8, 4) is 0 Å². The van der Waals surface area contributed by atoms with Crippen LogP contribution >= 0.6 is 11.6 Å². The normalized spacial score (nSPS) is 17.0. The maximum absolute atomic E-state index is 13.7. The highest BCUT2D eigenvalue weighted by Gasteiger charge is 2.28. The smallest absolute Gasteiger partial charge is 0.257 e. The molecule has 5 N–H and O–H groups in total. The molecule has 2 aromatic rings. The van der Waals surface area contributed by atoms with Gasteiger partial charge in [-0.05, 0) is 49.2 Å². The van der Waals surface area contributed by atoms with Gasteiger partial charge in [-0.1, -0.05) is 23.7 Å². The van der Waals surface area contributed by atoms with Gasteiger partial charge in [-0.25, -0.2) is 4.39 Å². The third-order valence-corrected chi connectivity index (χ3v) is 4.82. The van der Waals surface area contributed by atoms with Gasteiger partial charge in [0.1, 0.15) is 5.82 Å². The number of likely N-dealkylation sites (tertiary alicyclic amines) is 1. The summed E-state index contributed by atoms with van der Waals surface area (Å²) < 4.78 is 13.7. The van der Waals surface area contributed by atoms with Crippen LogP contribution in [0.3, 0.4) is 0 Å². The molecule has 0 unspecified atom stereocenters. The van der Waals surface area contributed by atoms with E-state index in [1.54, 1.807) is 18.2 Å². The molecule has 1 atom stereocenters. The van der Waals surface area contributed by atoms with Crippen LogP contribution < -0.4 is 16.8 Å². The van der Waals surface area contributed by atoms with Crippen LogP contribution in [-0.4, -0.2) is 29.3 Å². The summed E-state index contributed by atoms with van der Waals surface area (Å²) in [5, 5.41) is 2.79. The van der Waals surface area contributed by atoms with Gasteiger partial charge in [0.25, 0.3) is 5.91 Å². The molecule has 0 bridgehead atoms. The summed E-state index contributed by atoms with van der Waals surface area (Å²) in [5.41, 5.74) is 12.3. The van der Waals surface area contributed by atoms with E-state index in [-0.39, 0.29) is 28.2 Å². The number of nitrogens with zero attached hydrogens (tertiary/aromatic N) is 1. The van der Waals surface area contributed by atoms with E-state index in [0.717, 1.165) is 31.0 Å². The van der Waals surface area contributed by atoms with Gasteiger partial charge in [-0.15, -0.1) is 0 Å². The fourth-order valence-electron chi connectivity index (χ4n) is 3.29. The number of halogens is 2. The molecular formula is C19H20ClFN4O2. The van der Waals surface area contributed by atoms with Crippen molar-refractivity contribution in [2.75, 3.05) is 17.6 Å². The lowest BCUT2D eigenvalue weighted by Crippen LogP contribution is -2.39. The second-order valence-corrected chi connectivity index (χ2v) is 6.97. The van der Waals surface area contributed by atoms with Gasteiger partial charge < -0.3 is 16.8 Å². The van der Waals surface area contributed by atoms with E-state index in [4.69, 9.17) is 23.1 Å². The van der Waals surface area contributed by atoms with Crippen LogP contribution in [0.4, 0.5) is 15.8 Å². The van der Waals surface area contributed by atoms with E-state index in [9.17, 15) is 14.0 Å². The number of rotatable bonds is 5. The molecule has 142 valence electrons. The largest absolute Gasteiger partial charge is 0.396 e. The Labute approximate surface area is 161 Å². The number of carbonyl (C=O) groups excluding carboxylic acids is 2. The standard InChI is InChI=1S/C19H20ClFN4O2/c20-12-8-14(17(22)15(21)9-12)19(27)24-13-4-1-3-11(7-13)10-25-6-2-5-16(25)18(23)26/h1,3-4,7-9,16H,2,5-6,10,22H2,(H2,23,26)(H,24,27)/t16-/m0/s1. The predicted octanol–water partition coefficient (Wildman–Crippen LogP) is 2.76. The van der Waals surface area contributed by atoms with Gasteiger partial charge in [-0.2, -0.15) is 0 Å². The summed E-state index contributed by atoms with van der Waals surface area (Å²) >= 11 is 5.81. The number of nitrogens with two attached hydrogens (primary N) is 2. The van der Waals surface area contributed by atoms with Crippen LogP contribution in [-0.2, 0) is 11.3 Å². The van der Waals surface area contributed by atoms with Crippen LogP contribution in [0, 0.1) is 5.82 Å². The Morgan fingerprint density at radius 3 is 2.81 bits per heavy atom. The van der Waals surface area contributed by atoms with Crippen molar-refractivity contribution in [2.45, 2.75) is 25.4 Å². The molecule has 0 aromatic heterocycles. The third kappa shape index (κ3) is 4.37. The number of carbonyl (C=O) groups is 2. The van der Waals surface area contributed by atoms with Crippen molar-refractivity contribution in [3.05, 3.63) is 58.4 Å².